The minimum atomic E-state index is -1.20. The molecule has 0 aliphatic rings. The molecule has 28 heavy (non-hydrogen) atoms. The quantitative estimate of drug-likeness (QED) is 0.657. The first-order valence-electron chi connectivity index (χ1n) is 9.62. The summed E-state index contributed by atoms with van der Waals surface area (Å²) in [5.41, 5.74) is 1.07. The Bertz CT molecular complexity index is 769. The Labute approximate surface area is 166 Å². The number of aliphatic hydroxyl groups excluding tert-OH is 1. The van der Waals surface area contributed by atoms with Crippen LogP contribution in [0.5, 0.6) is 0 Å². The van der Waals surface area contributed by atoms with Gasteiger partial charge in [0, 0.05) is 6.42 Å². The molecule has 0 aliphatic carbocycles. The van der Waals surface area contributed by atoms with Crippen LogP contribution in [0, 0.1) is 17.1 Å². The molecule has 2 N–H and O–H groups in total. The fourth-order valence-electron chi connectivity index (χ4n) is 3.38. The SMILES string of the molecule is CN(C)CCC[C@](O)(C[C@@H](O)CCc1ccc(C#N)cc1)c1ccc(F)cc1. The second-order valence-electron chi connectivity index (χ2n) is 7.65. The highest BCUT2D eigenvalue weighted by Gasteiger charge is 2.31. The summed E-state index contributed by atoms with van der Waals surface area (Å²) in [5, 5.41) is 30.7. The van der Waals surface area contributed by atoms with Gasteiger partial charge in [0.05, 0.1) is 23.3 Å². The van der Waals surface area contributed by atoms with Gasteiger partial charge in [0.1, 0.15) is 5.82 Å². The van der Waals surface area contributed by atoms with E-state index in [1.54, 1.807) is 24.3 Å². The fourth-order valence-corrected chi connectivity index (χ4v) is 3.38. The molecule has 0 aliphatic heterocycles. The van der Waals surface area contributed by atoms with E-state index in [0.717, 1.165) is 18.5 Å². The van der Waals surface area contributed by atoms with Crippen LogP contribution < -0.4 is 0 Å². The van der Waals surface area contributed by atoms with Crippen molar-refractivity contribution in [3.8, 4) is 6.07 Å². The van der Waals surface area contributed by atoms with Crippen molar-refractivity contribution in [1.82, 2.24) is 4.90 Å². The predicted octanol–water partition coefficient (Wildman–Crippen LogP) is 3.61. The van der Waals surface area contributed by atoms with Gasteiger partial charge in [-0.25, -0.2) is 4.39 Å². The number of nitrogens with zero attached hydrogens (tertiary/aromatic N) is 2. The highest BCUT2D eigenvalue weighted by molar-refractivity contribution is 5.31. The van der Waals surface area contributed by atoms with E-state index in [0.29, 0.717) is 30.4 Å². The number of nitriles is 1. The predicted molar refractivity (Wildman–Crippen MR) is 108 cm³/mol. The number of hydrogen-bond acceptors (Lipinski definition) is 4. The van der Waals surface area contributed by atoms with Crippen LogP contribution in [0.2, 0.25) is 0 Å². The molecule has 150 valence electrons. The zero-order valence-corrected chi connectivity index (χ0v) is 16.6. The monoisotopic (exact) mass is 384 g/mol. The fraction of sp³-hybridized carbons (Fsp3) is 0.435. The zero-order chi connectivity index (χ0) is 20.6. The van der Waals surface area contributed by atoms with Gasteiger partial charge in [0.25, 0.3) is 0 Å². The summed E-state index contributed by atoms with van der Waals surface area (Å²) in [6.45, 7) is 0.824. The van der Waals surface area contributed by atoms with Crippen LogP contribution in [0.25, 0.3) is 0 Å². The van der Waals surface area contributed by atoms with E-state index in [-0.39, 0.29) is 12.2 Å². The maximum absolute atomic E-state index is 13.3. The Kier molecular flexibility index (Phi) is 8.13. The van der Waals surface area contributed by atoms with E-state index in [1.165, 1.54) is 12.1 Å². The van der Waals surface area contributed by atoms with Crippen LogP contribution in [0.4, 0.5) is 4.39 Å². The van der Waals surface area contributed by atoms with Gasteiger partial charge in [-0.3, -0.25) is 0 Å². The molecular weight excluding hydrogens is 355 g/mol. The summed E-state index contributed by atoms with van der Waals surface area (Å²) < 4.78 is 13.3. The molecule has 2 atom stereocenters. The highest BCUT2D eigenvalue weighted by atomic mass is 19.1. The van der Waals surface area contributed by atoms with Crippen molar-refractivity contribution in [3.63, 3.8) is 0 Å². The lowest BCUT2D eigenvalue weighted by Gasteiger charge is -2.31. The van der Waals surface area contributed by atoms with Gasteiger partial charge in [-0.2, -0.15) is 5.26 Å². The normalized spacial score (nSPS) is 14.5. The third-order valence-electron chi connectivity index (χ3n) is 5.00. The Balaban J connectivity index is 2.02. The topological polar surface area (TPSA) is 67.5 Å². The minimum Gasteiger partial charge on any atom is -0.393 e. The summed E-state index contributed by atoms with van der Waals surface area (Å²) in [6, 6.07) is 15.3. The molecule has 0 fully saturated rings. The van der Waals surface area contributed by atoms with Crippen LogP contribution in [0.3, 0.4) is 0 Å². The third kappa shape index (κ3) is 6.72. The van der Waals surface area contributed by atoms with Crippen molar-refractivity contribution in [2.24, 2.45) is 0 Å². The average Bonchev–Trinajstić information content (AvgIpc) is 2.67. The van der Waals surface area contributed by atoms with Crippen LogP contribution in [-0.2, 0) is 12.0 Å². The number of aryl methyl sites for hydroxylation is 1. The van der Waals surface area contributed by atoms with Crippen LogP contribution in [0.1, 0.15) is 42.4 Å². The summed E-state index contributed by atoms with van der Waals surface area (Å²) in [4.78, 5) is 2.05. The van der Waals surface area contributed by atoms with Gasteiger partial charge in [0.2, 0.25) is 0 Å². The maximum Gasteiger partial charge on any atom is 0.123 e. The highest BCUT2D eigenvalue weighted by Crippen LogP contribution is 2.33. The lowest BCUT2D eigenvalue weighted by atomic mass is 9.83. The molecule has 0 saturated heterocycles. The molecule has 2 aromatic rings. The number of benzene rings is 2. The van der Waals surface area contributed by atoms with Gasteiger partial charge >= 0.3 is 0 Å². The van der Waals surface area contributed by atoms with Gasteiger partial charge in [-0.05, 0) is 81.7 Å². The first-order chi connectivity index (χ1) is 13.3. The third-order valence-corrected chi connectivity index (χ3v) is 5.00. The summed E-state index contributed by atoms with van der Waals surface area (Å²) in [7, 11) is 3.95. The van der Waals surface area contributed by atoms with Gasteiger partial charge < -0.3 is 15.1 Å². The molecule has 0 amide bonds. The lowest BCUT2D eigenvalue weighted by molar-refractivity contribution is -0.0262. The minimum absolute atomic E-state index is 0.197. The molecular formula is C23H29FN2O2. The van der Waals surface area contributed by atoms with Crippen molar-refractivity contribution in [2.45, 2.75) is 43.8 Å². The average molecular weight is 384 g/mol. The Hall–Kier alpha value is -2.26. The lowest BCUT2D eigenvalue weighted by Crippen LogP contribution is -2.32. The van der Waals surface area contributed by atoms with Crippen molar-refractivity contribution in [3.05, 3.63) is 71.0 Å². The first kappa shape index (κ1) is 22.0. The van der Waals surface area contributed by atoms with E-state index < -0.39 is 11.7 Å². The van der Waals surface area contributed by atoms with Crippen LogP contribution in [-0.4, -0.2) is 41.9 Å². The largest absolute Gasteiger partial charge is 0.393 e. The number of rotatable bonds is 10. The Morgan fingerprint density at radius 1 is 1.11 bits per heavy atom. The first-order valence-corrected chi connectivity index (χ1v) is 9.62. The van der Waals surface area contributed by atoms with E-state index in [1.807, 2.05) is 31.1 Å². The van der Waals surface area contributed by atoms with Gasteiger partial charge in [0.15, 0.2) is 0 Å². The maximum atomic E-state index is 13.3. The zero-order valence-electron chi connectivity index (χ0n) is 16.6. The molecule has 0 unspecified atom stereocenters. The Morgan fingerprint density at radius 2 is 1.75 bits per heavy atom. The molecule has 2 aromatic carbocycles. The summed E-state index contributed by atoms with van der Waals surface area (Å²) >= 11 is 0. The molecule has 0 spiro atoms. The molecule has 2 rings (SSSR count). The van der Waals surface area contributed by atoms with E-state index in [2.05, 4.69) is 6.07 Å². The smallest absolute Gasteiger partial charge is 0.123 e. The number of halogens is 1. The van der Waals surface area contributed by atoms with Gasteiger partial charge in [-0.15, -0.1) is 0 Å². The second-order valence-corrected chi connectivity index (χ2v) is 7.65. The molecule has 0 heterocycles. The van der Waals surface area contributed by atoms with Gasteiger partial charge in [-0.1, -0.05) is 24.3 Å². The van der Waals surface area contributed by atoms with E-state index >= 15 is 0 Å². The number of hydrogen-bond donors (Lipinski definition) is 2. The molecule has 0 bridgehead atoms. The standard InChI is InChI=1S/C23H29FN2O2/c1-26(2)15-3-14-23(28,20-9-11-21(24)12-10-20)16-22(27)13-8-18-4-6-19(17-25)7-5-18/h4-7,9-12,22,27-28H,3,8,13-16H2,1-2H3/t22-,23-/m0/s1. The molecule has 0 aromatic heterocycles. The molecule has 0 radical (unpaired) electrons. The summed E-state index contributed by atoms with van der Waals surface area (Å²) in [6.07, 6.45) is 1.92. The van der Waals surface area contributed by atoms with E-state index in [4.69, 9.17) is 5.26 Å². The van der Waals surface area contributed by atoms with Crippen LogP contribution >= 0.6 is 0 Å². The van der Waals surface area contributed by atoms with Crippen molar-refractivity contribution in [2.75, 3.05) is 20.6 Å². The Morgan fingerprint density at radius 3 is 2.32 bits per heavy atom. The second kappa shape index (κ2) is 10.3. The van der Waals surface area contributed by atoms with Crippen molar-refractivity contribution < 1.29 is 14.6 Å². The van der Waals surface area contributed by atoms with Crippen molar-refractivity contribution in [1.29, 1.82) is 5.26 Å². The molecule has 0 saturated carbocycles. The van der Waals surface area contributed by atoms with E-state index in [9.17, 15) is 14.6 Å². The van der Waals surface area contributed by atoms with Crippen LogP contribution in [0.15, 0.2) is 48.5 Å². The number of aliphatic hydroxyl groups is 2. The molecule has 5 heteroatoms. The van der Waals surface area contributed by atoms with Crippen molar-refractivity contribution >= 4 is 0 Å². The summed E-state index contributed by atoms with van der Waals surface area (Å²) in [5.74, 6) is -0.347. The molecule has 4 nitrogen and oxygen atoms in total.